The first-order valence-corrected chi connectivity index (χ1v) is 7.66. The molecule has 112 valence electrons. The van der Waals surface area contributed by atoms with E-state index in [9.17, 15) is 0 Å². The van der Waals surface area contributed by atoms with E-state index in [1.807, 2.05) is 0 Å². The number of anilines is 1. The average Bonchev–Trinajstić information content (AvgIpc) is 2.47. The van der Waals surface area contributed by atoms with Gasteiger partial charge in [0.15, 0.2) is 0 Å². The van der Waals surface area contributed by atoms with Crippen molar-refractivity contribution in [3.63, 3.8) is 0 Å². The van der Waals surface area contributed by atoms with Gasteiger partial charge in [0.25, 0.3) is 0 Å². The Bertz CT molecular complexity index is 546. The zero-order valence-corrected chi connectivity index (χ0v) is 13.2. The standard InChI is InChI=1S/C19H25NO/c1-15(2)12-13-21-18-10-8-17(9-11-18)14-20-19-7-5-4-6-16(19)3/h4-11,15,20H,12-14H2,1-3H3. The number of hydrogen-bond donors (Lipinski definition) is 1. The van der Waals surface area contributed by atoms with Crippen LogP contribution in [0, 0.1) is 12.8 Å². The zero-order chi connectivity index (χ0) is 15.1. The number of benzene rings is 2. The predicted octanol–water partition coefficient (Wildman–Crippen LogP) is 5.03. The van der Waals surface area contributed by atoms with Gasteiger partial charge < -0.3 is 10.1 Å². The minimum Gasteiger partial charge on any atom is -0.494 e. The molecule has 21 heavy (non-hydrogen) atoms. The SMILES string of the molecule is Cc1ccccc1NCc1ccc(OCCC(C)C)cc1. The number of hydrogen-bond acceptors (Lipinski definition) is 2. The fourth-order valence-corrected chi connectivity index (χ4v) is 2.08. The van der Waals surface area contributed by atoms with Crippen LogP contribution >= 0.6 is 0 Å². The fourth-order valence-electron chi connectivity index (χ4n) is 2.08. The smallest absolute Gasteiger partial charge is 0.119 e. The van der Waals surface area contributed by atoms with E-state index >= 15 is 0 Å². The molecule has 2 nitrogen and oxygen atoms in total. The van der Waals surface area contributed by atoms with E-state index < -0.39 is 0 Å². The van der Waals surface area contributed by atoms with Crippen LogP contribution in [0.15, 0.2) is 48.5 Å². The summed E-state index contributed by atoms with van der Waals surface area (Å²) >= 11 is 0. The maximum atomic E-state index is 5.73. The molecule has 0 atom stereocenters. The Morgan fingerprint density at radius 3 is 2.38 bits per heavy atom. The monoisotopic (exact) mass is 283 g/mol. The normalized spacial score (nSPS) is 10.7. The van der Waals surface area contributed by atoms with Gasteiger partial charge in [-0.25, -0.2) is 0 Å². The first-order valence-electron chi connectivity index (χ1n) is 7.66. The zero-order valence-electron chi connectivity index (χ0n) is 13.2. The fraction of sp³-hybridized carbons (Fsp3) is 0.368. The molecule has 2 aromatic rings. The van der Waals surface area contributed by atoms with E-state index in [1.54, 1.807) is 0 Å². The second-order valence-electron chi connectivity index (χ2n) is 5.84. The quantitative estimate of drug-likeness (QED) is 0.769. The summed E-state index contributed by atoms with van der Waals surface area (Å²) in [5.41, 5.74) is 3.72. The van der Waals surface area contributed by atoms with Crippen LogP contribution in [-0.4, -0.2) is 6.61 Å². The van der Waals surface area contributed by atoms with E-state index in [0.717, 1.165) is 25.3 Å². The van der Waals surface area contributed by atoms with Gasteiger partial charge in [0, 0.05) is 12.2 Å². The van der Waals surface area contributed by atoms with Crippen LogP contribution in [0.4, 0.5) is 5.69 Å². The summed E-state index contributed by atoms with van der Waals surface area (Å²) in [7, 11) is 0. The Hall–Kier alpha value is -1.96. The number of nitrogens with one attached hydrogen (secondary N) is 1. The summed E-state index contributed by atoms with van der Waals surface area (Å²) < 4.78 is 5.73. The topological polar surface area (TPSA) is 21.3 Å². The molecule has 0 radical (unpaired) electrons. The number of ether oxygens (including phenoxy) is 1. The Morgan fingerprint density at radius 1 is 1.00 bits per heavy atom. The molecule has 0 heterocycles. The first-order chi connectivity index (χ1) is 10.1. The van der Waals surface area contributed by atoms with Gasteiger partial charge in [0.2, 0.25) is 0 Å². The van der Waals surface area contributed by atoms with Crippen LogP contribution in [0.3, 0.4) is 0 Å². The van der Waals surface area contributed by atoms with E-state index in [4.69, 9.17) is 4.74 Å². The second kappa shape index (κ2) is 7.72. The van der Waals surface area contributed by atoms with Gasteiger partial charge in [-0.3, -0.25) is 0 Å². The summed E-state index contributed by atoms with van der Waals surface area (Å²) in [6.07, 6.45) is 1.09. The molecule has 0 unspecified atom stereocenters. The highest BCUT2D eigenvalue weighted by atomic mass is 16.5. The van der Waals surface area contributed by atoms with Crippen molar-refractivity contribution in [1.29, 1.82) is 0 Å². The van der Waals surface area contributed by atoms with Gasteiger partial charge in [0.1, 0.15) is 5.75 Å². The second-order valence-corrected chi connectivity index (χ2v) is 5.84. The van der Waals surface area contributed by atoms with Gasteiger partial charge in [-0.15, -0.1) is 0 Å². The van der Waals surface area contributed by atoms with Gasteiger partial charge in [-0.2, -0.15) is 0 Å². The van der Waals surface area contributed by atoms with Crippen molar-refractivity contribution in [2.75, 3.05) is 11.9 Å². The van der Waals surface area contributed by atoms with Gasteiger partial charge in [-0.1, -0.05) is 44.2 Å². The molecular weight excluding hydrogens is 258 g/mol. The lowest BCUT2D eigenvalue weighted by molar-refractivity contribution is 0.289. The molecule has 0 fully saturated rings. The molecule has 0 amide bonds. The predicted molar refractivity (Wildman–Crippen MR) is 89.9 cm³/mol. The van der Waals surface area contributed by atoms with Crippen LogP contribution < -0.4 is 10.1 Å². The highest BCUT2D eigenvalue weighted by molar-refractivity contribution is 5.50. The molecule has 0 aliphatic rings. The molecule has 0 spiro atoms. The largest absolute Gasteiger partial charge is 0.494 e. The summed E-state index contributed by atoms with van der Waals surface area (Å²) in [4.78, 5) is 0. The lowest BCUT2D eigenvalue weighted by atomic mass is 10.1. The molecule has 0 aliphatic carbocycles. The maximum Gasteiger partial charge on any atom is 0.119 e. The van der Waals surface area contributed by atoms with E-state index in [0.29, 0.717) is 5.92 Å². The van der Waals surface area contributed by atoms with Crippen molar-refractivity contribution in [1.82, 2.24) is 0 Å². The van der Waals surface area contributed by atoms with Crippen LogP contribution in [0.5, 0.6) is 5.75 Å². The minimum absolute atomic E-state index is 0.683. The Balaban J connectivity index is 1.84. The van der Waals surface area contributed by atoms with Crippen molar-refractivity contribution >= 4 is 5.69 Å². The maximum absolute atomic E-state index is 5.73. The molecule has 0 aliphatic heterocycles. The average molecular weight is 283 g/mol. The summed E-state index contributed by atoms with van der Waals surface area (Å²) in [5, 5.41) is 3.47. The molecule has 0 bridgehead atoms. The molecule has 2 rings (SSSR count). The lowest BCUT2D eigenvalue weighted by Gasteiger charge is -2.11. The van der Waals surface area contributed by atoms with Crippen LogP contribution in [0.25, 0.3) is 0 Å². The third kappa shape index (κ3) is 5.14. The van der Waals surface area contributed by atoms with Gasteiger partial charge in [0.05, 0.1) is 6.61 Å². The molecule has 0 saturated heterocycles. The third-order valence-electron chi connectivity index (χ3n) is 3.52. The molecule has 2 heteroatoms. The number of aryl methyl sites for hydroxylation is 1. The van der Waals surface area contributed by atoms with E-state index in [2.05, 4.69) is 74.6 Å². The summed E-state index contributed by atoms with van der Waals surface area (Å²) in [6, 6.07) is 16.7. The highest BCUT2D eigenvalue weighted by Crippen LogP contribution is 2.17. The molecule has 2 aromatic carbocycles. The molecule has 0 aromatic heterocycles. The summed E-state index contributed by atoms with van der Waals surface area (Å²) in [6.45, 7) is 8.16. The molecule has 1 N–H and O–H groups in total. The number of rotatable bonds is 7. The Morgan fingerprint density at radius 2 is 1.71 bits per heavy atom. The van der Waals surface area contributed by atoms with E-state index in [1.165, 1.54) is 16.8 Å². The van der Waals surface area contributed by atoms with Crippen LogP contribution in [-0.2, 0) is 6.54 Å². The lowest BCUT2D eigenvalue weighted by Crippen LogP contribution is -2.02. The van der Waals surface area contributed by atoms with Crippen LogP contribution in [0.1, 0.15) is 31.4 Å². The van der Waals surface area contributed by atoms with Crippen LogP contribution in [0.2, 0.25) is 0 Å². The molecular formula is C19H25NO. The Kier molecular flexibility index (Phi) is 5.68. The van der Waals surface area contributed by atoms with Crippen molar-refractivity contribution in [3.8, 4) is 5.75 Å². The van der Waals surface area contributed by atoms with Crippen molar-refractivity contribution in [2.24, 2.45) is 5.92 Å². The summed E-state index contributed by atoms with van der Waals surface area (Å²) in [5.74, 6) is 1.64. The van der Waals surface area contributed by atoms with Gasteiger partial charge in [-0.05, 0) is 48.6 Å². The number of para-hydroxylation sites is 1. The first kappa shape index (κ1) is 15.4. The van der Waals surface area contributed by atoms with Crippen molar-refractivity contribution < 1.29 is 4.74 Å². The van der Waals surface area contributed by atoms with E-state index in [-0.39, 0.29) is 0 Å². The van der Waals surface area contributed by atoms with Crippen molar-refractivity contribution in [2.45, 2.75) is 33.7 Å². The molecule has 0 saturated carbocycles. The van der Waals surface area contributed by atoms with Gasteiger partial charge >= 0.3 is 0 Å². The van der Waals surface area contributed by atoms with Crippen molar-refractivity contribution in [3.05, 3.63) is 59.7 Å². The minimum atomic E-state index is 0.683. The highest BCUT2D eigenvalue weighted by Gasteiger charge is 1.99. The third-order valence-corrected chi connectivity index (χ3v) is 3.52. The Labute approximate surface area is 128 Å².